The Kier molecular flexibility index (Phi) is 8.13. The van der Waals surface area contributed by atoms with Crippen molar-refractivity contribution in [2.75, 3.05) is 7.11 Å². The zero-order valence-corrected chi connectivity index (χ0v) is 25.9. The number of aliphatic hydroxyl groups excluding tert-OH is 1. The van der Waals surface area contributed by atoms with E-state index in [1.54, 1.807) is 24.3 Å². The van der Waals surface area contributed by atoms with Crippen LogP contribution in [0.15, 0.2) is 50.7 Å². The van der Waals surface area contributed by atoms with Crippen LogP contribution in [0.3, 0.4) is 0 Å². The Labute approximate surface area is 263 Å². The maximum absolute atomic E-state index is 14.8. The first-order chi connectivity index (χ1) is 21.7. The number of methoxy groups -OCH3 is 1. The average molecular weight is 664 g/mol. The quantitative estimate of drug-likeness (QED) is 0.252. The predicted molar refractivity (Wildman–Crippen MR) is 160 cm³/mol. The molecule has 2 N–H and O–H groups in total. The molecule has 2 saturated carbocycles. The second-order valence-corrected chi connectivity index (χ2v) is 13.3. The first-order valence-corrected chi connectivity index (χ1v) is 15.5. The van der Waals surface area contributed by atoms with Gasteiger partial charge in [0.15, 0.2) is 0 Å². The predicted octanol–water partition coefficient (Wildman–Crippen LogP) is 5.03. The second-order valence-electron chi connectivity index (χ2n) is 12.3. The van der Waals surface area contributed by atoms with Crippen LogP contribution in [0.25, 0.3) is 21.0 Å². The topological polar surface area (TPSA) is 146 Å². The Morgan fingerprint density at radius 1 is 1.15 bits per heavy atom. The minimum Gasteiger partial charge on any atom is -0.496 e. The molecule has 11 nitrogen and oxygen atoms in total. The Bertz CT molecular complexity index is 1880. The van der Waals surface area contributed by atoms with E-state index < -0.39 is 56.8 Å². The number of benzene rings is 1. The molecule has 3 atom stereocenters. The highest BCUT2D eigenvalue weighted by Crippen LogP contribution is 2.48. The van der Waals surface area contributed by atoms with E-state index in [-0.39, 0.29) is 35.4 Å². The summed E-state index contributed by atoms with van der Waals surface area (Å²) in [5.74, 6) is -1.09. The summed E-state index contributed by atoms with van der Waals surface area (Å²) in [5, 5.41) is 19.2. The first kappa shape index (κ1) is 32.0. The molecule has 3 aromatic heterocycles. The van der Waals surface area contributed by atoms with Gasteiger partial charge in [0.2, 0.25) is 5.89 Å². The molecule has 6 rings (SSSR count). The largest absolute Gasteiger partial charge is 0.496 e. The molecular formula is C31H32F3N3O8S. The number of aliphatic carboxylic acids is 1. The lowest BCUT2D eigenvalue weighted by Crippen LogP contribution is -2.53. The highest BCUT2D eigenvalue weighted by atomic mass is 32.1. The monoisotopic (exact) mass is 663 g/mol. The van der Waals surface area contributed by atoms with Gasteiger partial charge in [-0.1, -0.05) is 18.2 Å². The third-order valence-electron chi connectivity index (χ3n) is 9.10. The molecule has 3 unspecified atom stereocenters. The number of alkyl halides is 3. The number of carboxylic acids is 1. The summed E-state index contributed by atoms with van der Waals surface area (Å²) in [6, 6.07) is 6.87. The molecule has 246 valence electrons. The first-order valence-electron chi connectivity index (χ1n) is 14.7. The van der Waals surface area contributed by atoms with Crippen molar-refractivity contribution < 1.29 is 42.1 Å². The minimum atomic E-state index is -5.10. The van der Waals surface area contributed by atoms with Crippen LogP contribution in [-0.2, 0) is 27.8 Å². The van der Waals surface area contributed by atoms with E-state index >= 15 is 0 Å². The standard InChI is InChI=1S/C31H32F3N3O8S/c1-30(2,28(40)41)37-26(39)22-23(31(32,33)34)24(25-35-8-9-44-25)46-27(22)36(29(37)42)14-21(19-6-4-5-7-20(19)43-3)45-18-12-15-10-17(38)11-16(15)13-18/h4-9,15-18,21,38H,10-14H2,1-3H3,(H,40,41). The number of thiophene rings is 1. The Balaban J connectivity index is 1.59. The molecule has 1 aromatic carbocycles. The molecule has 3 heterocycles. The summed E-state index contributed by atoms with van der Waals surface area (Å²) in [5.41, 5.74) is -5.60. The van der Waals surface area contributed by atoms with Crippen LogP contribution in [0.4, 0.5) is 13.2 Å². The van der Waals surface area contributed by atoms with Crippen molar-refractivity contribution >= 4 is 27.5 Å². The molecule has 0 radical (unpaired) electrons. The van der Waals surface area contributed by atoms with Crippen molar-refractivity contribution in [3.8, 4) is 16.5 Å². The maximum Gasteiger partial charge on any atom is 0.418 e. The van der Waals surface area contributed by atoms with Crippen LogP contribution >= 0.6 is 11.3 Å². The Hall–Kier alpha value is -3.95. The SMILES string of the molecule is COc1ccccc1C(Cn1c(=O)n(C(C)(C)C(=O)O)c(=O)c2c(C(F)(F)F)c(-c3ncco3)sc21)OC1CC2CC(O)CC2C1. The van der Waals surface area contributed by atoms with E-state index in [0.717, 1.165) is 30.9 Å². The highest BCUT2D eigenvalue weighted by molar-refractivity contribution is 7.22. The molecule has 4 aromatic rings. The van der Waals surface area contributed by atoms with Gasteiger partial charge >= 0.3 is 17.8 Å². The highest BCUT2D eigenvalue weighted by Gasteiger charge is 2.45. The summed E-state index contributed by atoms with van der Waals surface area (Å²) < 4.78 is 63.0. The van der Waals surface area contributed by atoms with E-state index in [9.17, 15) is 37.8 Å². The molecule has 2 fully saturated rings. The molecule has 2 aliphatic rings. The van der Waals surface area contributed by atoms with Crippen molar-refractivity contribution in [1.29, 1.82) is 0 Å². The lowest BCUT2D eigenvalue weighted by atomic mass is 10.0. The van der Waals surface area contributed by atoms with Crippen LogP contribution in [0.5, 0.6) is 5.75 Å². The number of rotatable bonds is 9. The third-order valence-corrected chi connectivity index (χ3v) is 10.3. The van der Waals surface area contributed by atoms with E-state index in [0.29, 0.717) is 52.9 Å². The number of ether oxygens (including phenoxy) is 2. The van der Waals surface area contributed by atoms with Crippen molar-refractivity contribution in [1.82, 2.24) is 14.1 Å². The molecule has 0 amide bonds. The number of hydrogen-bond acceptors (Lipinski definition) is 9. The summed E-state index contributed by atoms with van der Waals surface area (Å²) in [7, 11) is 1.45. The van der Waals surface area contributed by atoms with Crippen LogP contribution in [0.2, 0.25) is 0 Å². The lowest BCUT2D eigenvalue weighted by molar-refractivity contribution is -0.146. The Morgan fingerprint density at radius 2 is 1.83 bits per heavy atom. The fraction of sp³-hybridized carbons (Fsp3) is 0.484. The molecule has 46 heavy (non-hydrogen) atoms. The molecule has 0 bridgehead atoms. The van der Waals surface area contributed by atoms with E-state index in [1.807, 2.05) is 0 Å². The third kappa shape index (κ3) is 5.43. The van der Waals surface area contributed by atoms with Crippen molar-refractivity contribution in [2.24, 2.45) is 11.8 Å². The smallest absolute Gasteiger partial charge is 0.418 e. The van der Waals surface area contributed by atoms with Crippen molar-refractivity contribution in [3.63, 3.8) is 0 Å². The number of nitrogens with zero attached hydrogens (tertiary/aromatic N) is 3. The number of carboxylic acid groups (broad SMARTS) is 1. The number of carbonyl (C=O) groups is 1. The summed E-state index contributed by atoms with van der Waals surface area (Å²) in [6.07, 6.45) is -1.88. The Morgan fingerprint density at radius 3 is 2.41 bits per heavy atom. The van der Waals surface area contributed by atoms with Gasteiger partial charge in [0.1, 0.15) is 33.4 Å². The summed E-state index contributed by atoms with van der Waals surface area (Å²) in [6.45, 7) is 1.77. The van der Waals surface area contributed by atoms with Gasteiger partial charge in [0, 0.05) is 5.56 Å². The van der Waals surface area contributed by atoms with Crippen LogP contribution in [0.1, 0.15) is 56.8 Å². The summed E-state index contributed by atoms with van der Waals surface area (Å²) >= 11 is 0.506. The number of para-hydroxylation sites is 1. The fourth-order valence-corrected chi connectivity index (χ4v) is 8.16. The van der Waals surface area contributed by atoms with Crippen LogP contribution in [0, 0.1) is 11.8 Å². The van der Waals surface area contributed by atoms with Gasteiger partial charge in [-0.05, 0) is 57.4 Å². The van der Waals surface area contributed by atoms with E-state index in [2.05, 4.69) is 4.98 Å². The van der Waals surface area contributed by atoms with Gasteiger partial charge in [-0.2, -0.15) is 13.2 Å². The molecular weight excluding hydrogens is 631 g/mol. The van der Waals surface area contributed by atoms with Crippen molar-refractivity contribution in [3.05, 3.63) is 68.7 Å². The number of aliphatic hydroxyl groups is 1. The molecule has 2 aliphatic carbocycles. The number of oxazole rings is 1. The number of fused-ring (bicyclic) bond motifs is 2. The van der Waals surface area contributed by atoms with Crippen LogP contribution < -0.4 is 16.0 Å². The van der Waals surface area contributed by atoms with E-state index in [1.165, 1.54) is 7.11 Å². The zero-order chi connectivity index (χ0) is 33.1. The molecule has 0 aliphatic heterocycles. The van der Waals surface area contributed by atoms with Gasteiger partial charge in [-0.15, -0.1) is 11.3 Å². The molecule has 15 heteroatoms. The fourth-order valence-electron chi connectivity index (χ4n) is 6.91. The van der Waals surface area contributed by atoms with Gasteiger partial charge in [-0.25, -0.2) is 19.1 Å². The molecule has 0 spiro atoms. The van der Waals surface area contributed by atoms with Crippen molar-refractivity contribution in [2.45, 2.75) is 76.1 Å². The number of hydrogen-bond donors (Lipinski definition) is 2. The number of halogens is 3. The van der Waals surface area contributed by atoms with Gasteiger partial charge < -0.3 is 24.1 Å². The average Bonchev–Trinajstić information content (AvgIpc) is 3.77. The summed E-state index contributed by atoms with van der Waals surface area (Å²) in [4.78, 5) is 43.4. The second kappa shape index (κ2) is 11.7. The molecule has 0 saturated heterocycles. The number of aromatic nitrogens is 3. The zero-order valence-electron chi connectivity index (χ0n) is 25.1. The normalized spacial score (nSPS) is 22.3. The minimum absolute atomic E-state index is 0.251. The maximum atomic E-state index is 14.8. The van der Waals surface area contributed by atoms with Crippen LogP contribution in [-0.4, -0.2) is 49.6 Å². The van der Waals surface area contributed by atoms with Gasteiger partial charge in [0.05, 0.1) is 43.0 Å². The van der Waals surface area contributed by atoms with E-state index in [4.69, 9.17) is 13.9 Å². The van der Waals surface area contributed by atoms with Gasteiger partial charge in [0.25, 0.3) is 5.56 Å². The van der Waals surface area contributed by atoms with Gasteiger partial charge in [-0.3, -0.25) is 9.36 Å². The lowest BCUT2D eigenvalue weighted by Gasteiger charge is -2.27.